The SMILES string of the molecule is Cc1cc(NC(=O)COc2ccc(Cl)nc2Cl)n(C2CCS(=O)(=O)C2)n1. The zero-order valence-corrected chi connectivity index (χ0v) is 16.1. The lowest BCUT2D eigenvalue weighted by atomic mass is 10.3. The predicted octanol–water partition coefficient (Wildman–Crippen LogP) is 2.27. The molecule has 0 aliphatic carbocycles. The summed E-state index contributed by atoms with van der Waals surface area (Å²) in [5, 5.41) is 7.27. The Balaban J connectivity index is 1.66. The van der Waals surface area contributed by atoms with E-state index in [1.165, 1.54) is 12.1 Å². The summed E-state index contributed by atoms with van der Waals surface area (Å²) in [5.74, 6) is 0.364. The smallest absolute Gasteiger partial charge is 0.263 e. The van der Waals surface area contributed by atoms with Crippen LogP contribution in [-0.4, -0.2) is 47.2 Å². The van der Waals surface area contributed by atoms with E-state index in [4.69, 9.17) is 27.9 Å². The summed E-state index contributed by atoms with van der Waals surface area (Å²) < 4.78 is 30.3. The molecule has 0 bridgehead atoms. The summed E-state index contributed by atoms with van der Waals surface area (Å²) >= 11 is 11.6. The molecular formula is C15H16Cl2N4O4S. The van der Waals surface area contributed by atoms with Gasteiger partial charge < -0.3 is 10.1 Å². The summed E-state index contributed by atoms with van der Waals surface area (Å²) in [5.41, 5.74) is 0.676. The number of anilines is 1. The topological polar surface area (TPSA) is 103 Å². The molecule has 1 unspecified atom stereocenters. The Labute approximate surface area is 160 Å². The van der Waals surface area contributed by atoms with Gasteiger partial charge in [0, 0.05) is 6.07 Å². The van der Waals surface area contributed by atoms with Gasteiger partial charge in [0.25, 0.3) is 5.91 Å². The first kappa shape index (κ1) is 18.9. The molecule has 3 rings (SSSR count). The van der Waals surface area contributed by atoms with Gasteiger partial charge in [-0.05, 0) is 25.5 Å². The molecule has 3 heterocycles. The molecule has 1 aliphatic rings. The number of hydrogen-bond acceptors (Lipinski definition) is 6. The van der Waals surface area contributed by atoms with Crippen LogP contribution in [0.3, 0.4) is 0 Å². The van der Waals surface area contributed by atoms with Gasteiger partial charge in [0.15, 0.2) is 27.3 Å². The molecule has 140 valence electrons. The maximum atomic E-state index is 12.2. The summed E-state index contributed by atoms with van der Waals surface area (Å²) in [4.78, 5) is 16.0. The van der Waals surface area contributed by atoms with Gasteiger partial charge in [-0.1, -0.05) is 23.2 Å². The number of carbonyl (C=O) groups excluding carboxylic acids is 1. The molecule has 0 saturated carbocycles. The van der Waals surface area contributed by atoms with Gasteiger partial charge in [-0.3, -0.25) is 4.79 Å². The van der Waals surface area contributed by atoms with E-state index < -0.39 is 15.7 Å². The van der Waals surface area contributed by atoms with Crippen molar-refractivity contribution >= 4 is 44.8 Å². The lowest BCUT2D eigenvalue weighted by molar-refractivity contribution is -0.118. The number of nitrogens with one attached hydrogen (secondary N) is 1. The standard InChI is InChI=1S/C15H16Cl2N4O4S/c1-9-6-13(21(20-9)10-4-5-26(23,24)8-10)19-14(22)7-25-11-2-3-12(16)18-15(11)17/h2-3,6,10H,4-5,7-8H2,1H3,(H,19,22). The van der Waals surface area contributed by atoms with E-state index in [0.717, 1.165) is 0 Å². The highest BCUT2D eigenvalue weighted by atomic mass is 35.5. The van der Waals surface area contributed by atoms with Crippen LogP contribution in [0.4, 0.5) is 5.82 Å². The quantitative estimate of drug-likeness (QED) is 0.746. The van der Waals surface area contributed by atoms with E-state index in [-0.39, 0.29) is 40.2 Å². The number of amides is 1. The second-order valence-electron chi connectivity index (χ2n) is 5.93. The van der Waals surface area contributed by atoms with Crippen molar-refractivity contribution in [2.24, 2.45) is 0 Å². The number of nitrogens with zero attached hydrogens (tertiary/aromatic N) is 3. The van der Waals surface area contributed by atoms with Gasteiger partial charge in [-0.2, -0.15) is 5.10 Å². The molecule has 2 aromatic rings. The van der Waals surface area contributed by atoms with Gasteiger partial charge in [0.2, 0.25) is 0 Å². The Morgan fingerprint density at radius 2 is 2.19 bits per heavy atom. The number of pyridine rings is 1. The average Bonchev–Trinajstić information content (AvgIpc) is 3.08. The van der Waals surface area contributed by atoms with Crippen molar-refractivity contribution in [3.8, 4) is 5.75 Å². The number of sulfone groups is 1. The van der Waals surface area contributed by atoms with E-state index in [1.54, 1.807) is 17.7 Å². The number of carbonyl (C=O) groups is 1. The monoisotopic (exact) mass is 418 g/mol. The third kappa shape index (κ3) is 4.46. The van der Waals surface area contributed by atoms with E-state index in [9.17, 15) is 13.2 Å². The van der Waals surface area contributed by atoms with Gasteiger partial charge >= 0.3 is 0 Å². The summed E-state index contributed by atoms with van der Waals surface area (Å²) in [7, 11) is -3.06. The Kier molecular flexibility index (Phi) is 5.40. The second-order valence-corrected chi connectivity index (χ2v) is 8.91. The molecule has 1 atom stereocenters. The van der Waals surface area contributed by atoms with Gasteiger partial charge in [0.1, 0.15) is 11.0 Å². The maximum absolute atomic E-state index is 12.2. The van der Waals surface area contributed by atoms with Crippen LogP contribution in [0.15, 0.2) is 18.2 Å². The second kappa shape index (κ2) is 7.42. The lowest BCUT2D eigenvalue weighted by Crippen LogP contribution is -2.24. The molecule has 0 aromatic carbocycles. The van der Waals surface area contributed by atoms with Crippen LogP contribution in [0.5, 0.6) is 5.75 Å². The van der Waals surface area contributed by atoms with Crippen molar-refractivity contribution in [3.63, 3.8) is 0 Å². The van der Waals surface area contributed by atoms with Gasteiger partial charge in [0.05, 0.1) is 23.2 Å². The molecule has 1 fully saturated rings. The van der Waals surface area contributed by atoms with Crippen LogP contribution in [0.1, 0.15) is 18.2 Å². The maximum Gasteiger partial charge on any atom is 0.263 e. The number of hydrogen-bond donors (Lipinski definition) is 1. The van der Waals surface area contributed by atoms with E-state index in [2.05, 4.69) is 15.4 Å². The fraction of sp³-hybridized carbons (Fsp3) is 0.400. The van der Waals surface area contributed by atoms with Crippen molar-refractivity contribution in [3.05, 3.63) is 34.2 Å². The fourth-order valence-corrected chi connectivity index (χ4v) is 4.78. The van der Waals surface area contributed by atoms with Crippen LogP contribution >= 0.6 is 23.2 Å². The number of ether oxygens (including phenoxy) is 1. The number of aromatic nitrogens is 3. The van der Waals surface area contributed by atoms with Crippen LogP contribution in [0, 0.1) is 6.92 Å². The van der Waals surface area contributed by atoms with Crippen LogP contribution in [0.25, 0.3) is 0 Å². The lowest BCUT2D eigenvalue weighted by Gasteiger charge is -2.14. The zero-order chi connectivity index (χ0) is 18.9. The minimum absolute atomic E-state index is 0.0134. The molecule has 1 N–H and O–H groups in total. The Hall–Kier alpha value is -1.84. The molecular weight excluding hydrogens is 403 g/mol. The van der Waals surface area contributed by atoms with Gasteiger partial charge in [-0.15, -0.1) is 0 Å². The van der Waals surface area contributed by atoms with Crippen molar-refractivity contribution in [2.45, 2.75) is 19.4 Å². The van der Waals surface area contributed by atoms with Crippen molar-refractivity contribution in [1.29, 1.82) is 0 Å². The van der Waals surface area contributed by atoms with Crippen LogP contribution in [-0.2, 0) is 14.6 Å². The molecule has 11 heteroatoms. The summed E-state index contributed by atoms with van der Waals surface area (Å²) in [6.07, 6.45) is 0.467. The molecule has 1 saturated heterocycles. The molecule has 2 aromatic heterocycles. The number of aryl methyl sites for hydroxylation is 1. The Morgan fingerprint density at radius 1 is 1.42 bits per heavy atom. The normalized spacial score (nSPS) is 18.7. The molecule has 8 nitrogen and oxygen atoms in total. The van der Waals surface area contributed by atoms with E-state index >= 15 is 0 Å². The third-order valence-corrected chi connectivity index (χ3v) is 6.05. The van der Waals surface area contributed by atoms with Crippen molar-refractivity contribution in [2.75, 3.05) is 23.4 Å². The van der Waals surface area contributed by atoms with E-state index in [0.29, 0.717) is 17.9 Å². The summed E-state index contributed by atoms with van der Waals surface area (Å²) in [6, 6.07) is 4.40. The molecule has 0 spiro atoms. The fourth-order valence-electron chi connectivity index (χ4n) is 2.69. The summed E-state index contributed by atoms with van der Waals surface area (Å²) in [6.45, 7) is 1.47. The first-order chi connectivity index (χ1) is 12.2. The first-order valence-corrected chi connectivity index (χ1v) is 10.3. The van der Waals surface area contributed by atoms with Crippen LogP contribution < -0.4 is 10.1 Å². The minimum atomic E-state index is -3.06. The molecule has 26 heavy (non-hydrogen) atoms. The van der Waals surface area contributed by atoms with Crippen LogP contribution in [0.2, 0.25) is 10.3 Å². The van der Waals surface area contributed by atoms with E-state index in [1.807, 2.05) is 0 Å². The highest BCUT2D eigenvalue weighted by Gasteiger charge is 2.31. The highest BCUT2D eigenvalue weighted by molar-refractivity contribution is 7.91. The third-order valence-electron chi connectivity index (χ3n) is 3.82. The van der Waals surface area contributed by atoms with Gasteiger partial charge in [-0.25, -0.2) is 18.1 Å². The molecule has 0 radical (unpaired) electrons. The van der Waals surface area contributed by atoms with Crippen molar-refractivity contribution in [1.82, 2.24) is 14.8 Å². The average molecular weight is 419 g/mol. The first-order valence-electron chi connectivity index (χ1n) is 7.75. The molecule has 1 aliphatic heterocycles. The largest absolute Gasteiger partial charge is 0.481 e. The zero-order valence-electron chi connectivity index (χ0n) is 13.8. The molecule has 1 amide bonds. The predicted molar refractivity (Wildman–Crippen MR) is 97.7 cm³/mol. The highest BCUT2D eigenvalue weighted by Crippen LogP contribution is 2.27. The number of halogens is 2. The number of rotatable bonds is 5. The minimum Gasteiger partial charge on any atom is -0.481 e. The Morgan fingerprint density at radius 3 is 2.85 bits per heavy atom. The Bertz CT molecular complexity index is 945. The van der Waals surface area contributed by atoms with Crippen molar-refractivity contribution < 1.29 is 17.9 Å².